The Kier molecular flexibility index (Phi) is 3.13. The Balaban J connectivity index is 2.23. The minimum atomic E-state index is 0.558. The Labute approximate surface area is 122 Å². The molecule has 108 valence electrons. The minimum absolute atomic E-state index is 0.558. The summed E-state index contributed by atoms with van der Waals surface area (Å²) in [6, 6.07) is 7.50. The molecular weight excluding hydrogens is 268 g/mol. The zero-order chi connectivity index (χ0) is 15.0. The number of nitrogen functional groups attached to an aromatic ring is 1. The number of anilines is 1. The third-order valence-corrected chi connectivity index (χ3v) is 3.36. The van der Waals surface area contributed by atoms with Crippen LogP contribution in [0.2, 0.25) is 0 Å². The van der Waals surface area contributed by atoms with Crippen molar-refractivity contribution in [1.29, 1.82) is 0 Å². The molecule has 2 aromatic heterocycles. The van der Waals surface area contributed by atoms with Crippen LogP contribution < -0.4 is 15.2 Å². The molecule has 2 heterocycles. The van der Waals surface area contributed by atoms with E-state index in [4.69, 9.17) is 15.2 Å². The van der Waals surface area contributed by atoms with Crippen LogP contribution in [0.15, 0.2) is 30.5 Å². The van der Waals surface area contributed by atoms with Crippen LogP contribution in [0.3, 0.4) is 0 Å². The van der Waals surface area contributed by atoms with E-state index in [0.29, 0.717) is 23.0 Å². The summed E-state index contributed by atoms with van der Waals surface area (Å²) in [5.41, 5.74) is 9.33. The van der Waals surface area contributed by atoms with E-state index in [0.717, 1.165) is 16.8 Å². The Bertz CT molecular complexity index is 811. The van der Waals surface area contributed by atoms with Gasteiger partial charge in [0, 0.05) is 23.5 Å². The molecule has 0 unspecified atom stereocenters. The van der Waals surface area contributed by atoms with Gasteiger partial charge in [0.2, 0.25) is 0 Å². The van der Waals surface area contributed by atoms with E-state index in [1.165, 1.54) is 0 Å². The quantitative estimate of drug-likeness (QED) is 0.747. The zero-order valence-corrected chi connectivity index (χ0v) is 12.1. The molecule has 0 bridgehead atoms. The van der Waals surface area contributed by atoms with Gasteiger partial charge in [0.25, 0.3) is 0 Å². The van der Waals surface area contributed by atoms with Gasteiger partial charge in [0.1, 0.15) is 0 Å². The van der Waals surface area contributed by atoms with Gasteiger partial charge in [0.15, 0.2) is 23.0 Å². The van der Waals surface area contributed by atoms with E-state index in [-0.39, 0.29) is 0 Å². The minimum Gasteiger partial charge on any atom is -0.493 e. The van der Waals surface area contributed by atoms with Gasteiger partial charge >= 0.3 is 0 Å². The average molecular weight is 284 g/mol. The summed E-state index contributed by atoms with van der Waals surface area (Å²) in [7, 11) is 3.16. The molecule has 21 heavy (non-hydrogen) atoms. The van der Waals surface area contributed by atoms with E-state index in [1.807, 2.05) is 35.7 Å². The molecular formula is C15H16N4O2. The molecule has 0 saturated heterocycles. The molecule has 2 N–H and O–H groups in total. The Morgan fingerprint density at radius 3 is 2.48 bits per heavy atom. The van der Waals surface area contributed by atoms with Crippen molar-refractivity contribution in [3.8, 4) is 22.9 Å². The van der Waals surface area contributed by atoms with Crippen LogP contribution in [0, 0.1) is 6.92 Å². The number of nitrogens with two attached hydrogens (primary N) is 1. The van der Waals surface area contributed by atoms with Gasteiger partial charge in [-0.05, 0) is 30.7 Å². The molecule has 3 aromatic rings. The third-order valence-electron chi connectivity index (χ3n) is 3.36. The van der Waals surface area contributed by atoms with Gasteiger partial charge in [-0.2, -0.15) is 0 Å². The van der Waals surface area contributed by atoms with Crippen LogP contribution in [-0.2, 0) is 0 Å². The number of methoxy groups -OCH3 is 2. The van der Waals surface area contributed by atoms with Gasteiger partial charge in [-0.25, -0.2) is 0 Å². The number of aryl methyl sites for hydroxylation is 1. The lowest BCUT2D eigenvalue weighted by Gasteiger charge is -2.11. The van der Waals surface area contributed by atoms with Gasteiger partial charge < -0.3 is 15.2 Å². The second-order valence-corrected chi connectivity index (χ2v) is 4.75. The van der Waals surface area contributed by atoms with Crippen molar-refractivity contribution in [1.82, 2.24) is 14.6 Å². The van der Waals surface area contributed by atoms with Crippen LogP contribution in [0.25, 0.3) is 17.0 Å². The molecule has 0 atom stereocenters. The van der Waals surface area contributed by atoms with E-state index >= 15 is 0 Å². The molecule has 0 aliphatic heterocycles. The van der Waals surface area contributed by atoms with Crippen LogP contribution >= 0.6 is 0 Å². The second-order valence-electron chi connectivity index (χ2n) is 4.75. The highest BCUT2D eigenvalue weighted by atomic mass is 16.5. The van der Waals surface area contributed by atoms with Gasteiger partial charge in [-0.1, -0.05) is 0 Å². The fraction of sp³-hybridized carbons (Fsp3) is 0.200. The molecule has 0 amide bonds. The smallest absolute Gasteiger partial charge is 0.170 e. The third kappa shape index (κ3) is 2.14. The number of aromatic nitrogens is 3. The van der Waals surface area contributed by atoms with Crippen LogP contribution in [0.4, 0.5) is 5.69 Å². The second kappa shape index (κ2) is 4.97. The van der Waals surface area contributed by atoms with E-state index < -0.39 is 0 Å². The fourth-order valence-electron chi connectivity index (χ4n) is 2.26. The summed E-state index contributed by atoms with van der Waals surface area (Å²) >= 11 is 0. The first kappa shape index (κ1) is 13.2. The van der Waals surface area contributed by atoms with Crippen molar-refractivity contribution >= 4 is 11.3 Å². The summed E-state index contributed by atoms with van der Waals surface area (Å²) < 4.78 is 12.5. The first-order valence-corrected chi connectivity index (χ1v) is 6.47. The molecule has 0 fully saturated rings. The molecule has 0 aliphatic carbocycles. The van der Waals surface area contributed by atoms with Crippen molar-refractivity contribution in [2.24, 2.45) is 0 Å². The SMILES string of the molecule is COc1cc(N)c(-c2nnc3cc(C)ccn23)cc1OC. The van der Waals surface area contributed by atoms with Crippen LogP contribution in [-0.4, -0.2) is 28.8 Å². The normalized spacial score (nSPS) is 10.8. The molecule has 0 aliphatic rings. The summed E-state index contributed by atoms with van der Waals surface area (Å²) in [4.78, 5) is 0. The number of rotatable bonds is 3. The maximum atomic E-state index is 6.12. The molecule has 1 aromatic carbocycles. The Morgan fingerprint density at radius 2 is 1.76 bits per heavy atom. The largest absolute Gasteiger partial charge is 0.493 e. The standard InChI is InChI=1S/C15H16N4O2/c1-9-4-5-19-14(6-9)17-18-15(19)10-7-12(20-2)13(21-3)8-11(10)16/h4-8H,16H2,1-3H3. The number of nitrogens with zero attached hydrogens (tertiary/aromatic N) is 3. The predicted octanol–water partition coefficient (Wildman–Crippen LogP) is 2.30. The number of hydrogen-bond donors (Lipinski definition) is 1. The highest BCUT2D eigenvalue weighted by molar-refractivity contribution is 5.77. The molecule has 6 heteroatoms. The Morgan fingerprint density at radius 1 is 1.05 bits per heavy atom. The van der Waals surface area contributed by atoms with E-state index in [1.54, 1.807) is 20.3 Å². The van der Waals surface area contributed by atoms with Crippen molar-refractivity contribution in [3.05, 3.63) is 36.0 Å². The van der Waals surface area contributed by atoms with Crippen molar-refractivity contribution < 1.29 is 9.47 Å². The lowest BCUT2D eigenvalue weighted by molar-refractivity contribution is 0.355. The first-order chi connectivity index (χ1) is 10.1. The van der Waals surface area contributed by atoms with Crippen molar-refractivity contribution in [2.45, 2.75) is 6.92 Å². The maximum Gasteiger partial charge on any atom is 0.170 e. The topological polar surface area (TPSA) is 74.7 Å². The highest BCUT2D eigenvalue weighted by Gasteiger charge is 2.15. The number of ether oxygens (including phenoxy) is 2. The summed E-state index contributed by atoms with van der Waals surface area (Å²) in [6.45, 7) is 2.01. The summed E-state index contributed by atoms with van der Waals surface area (Å²) in [6.07, 6.45) is 1.93. The van der Waals surface area contributed by atoms with Gasteiger partial charge in [-0.3, -0.25) is 4.40 Å². The van der Waals surface area contributed by atoms with Crippen molar-refractivity contribution in [3.63, 3.8) is 0 Å². The van der Waals surface area contributed by atoms with E-state index in [2.05, 4.69) is 10.2 Å². The molecule has 0 radical (unpaired) electrons. The monoisotopic (exact) mass is 284 g/mol. The van der Waals surface area contributed by atoms with E-state index in [9.17, 15) is 0 Å². The zero-order valence-electron chi connectivity index (χ0n) is 12.1. The summed E-state index contributed by atoms with van der Waals surface area (Å²) in [5.74, 6) is 1.86. The molecule has 3 rings (SSSR count). The Hall–Kier alpha value is -2.76. The van der Waals surface area contributed by atoms with Gasteiger partial charge in [0.05, 0.1) is 14.2 Å². The van der Waals surface area contributed by atoms with Crippen LogP contribution in [0.5, 0.6) is 11.5 Å². The highest BCUT2D eigenvalue weighted by Crippen LogP contribution is 2.36. The fourth-order valence-corrected chi connectivity index (χ4v) is 2.26. The molecule has 0 spiro atoms. The number of hydrogen-bond acceptors (Lipinski definition) is 5. The first-order valence-electron chi connectivity index (χ1n) is 6.47. The van der Waals surface area contributed by atoms with Crippen molar-refractivity contribution in [2.75, 3.05) is 20.0 Å². The van der Waals surface area contributed by atoms with Gasteiger partial charge in [-0.15, -0.1) is 10.2 Å². The number of fused-ring (bicyclic) bond motifs is 1. The molecule has 6 nitrogen and oxygen atoms in total. The lowest BCUT2D eigenvalue weighted by atomic mass is 10.1. The van der Waals surface area contributed by atoms with Crippen LogP contribution in [0.1, 0.15) is 5.56 Å². The number of benzene rings is 1. The predicted molar refractivity (Wildman–Crippen MR) is 80.7 cm³/mol. The number of pyridine rings is 1. The maximum absolute atomic E-state index is 6.12. The lowest BCUT2D eigenvalue weighted by Crippen LogP contribution is -1.98. The molecule has 0 saturated carbocycles. The average Bonchev–Trinajstić information content (AvgIpc) is 2.89. The summed E-state index contributed by atoms with van der Waals surface area (Å²) in [5, 5.41) is 8.42.